The van der Waals surface area contributed by atoms with E-state index in [-0.39, 0.29) is 28.3 Å². The van der Waals surface area contributed by atoms with Crippen molar-refractivity contribution in [3.63, 3.8) is 0 Å². The van der Waals surface area contributed by atoms with Crippen LogP contribution < -0.4 is 4.87 Å². The van der Waals surface area contributed by atoms with E-state index < -0.39 is 10.0 Å². The third kappa shape index (κ3) is 4.05. The Balaban J connectivity index is 1.62. The molecule has 1 aromatic carbocycles. The minimum atomic E-state index is -3.62. The van der Waals surface area contributed by atoms with Gasteiger partial charge in [-0.2, -0.15) is 4.31 Å². The van der Waals surface area contributed by atoms with Gasteiger partial charge in [0.25, 0.3) is 0 Å². The fourth-order valence-electron chi connectivity index (χ4n) is 4.24. The minimum absolute atomic E-state index is 0.0222. The van der Waals surface area contributed by atoms with Crippen LogP contribution >= 0.6 is 11.3 Å². The Morgan fingerprint density at radius 2 is 1.97 bits per heavy atom. The standard InChI is InChI=1S/C20H27N3O5S2/c1-2-15-5-3-4-8-23(15)30(26,27)16-6-7-17-18(13-16)29-20(25)22(17)14-19(24)21-9-11-28-12-10-21/h6-7,13,15H,2-5,8-12,14H2,1H3. The predicted octanol–water partition coefficient (Wildman–Crippen LogP) is 1.88. The van der Waals surface area contributed by atoms with Crippen LogP contribution in [-0.2, 0) is 26.1 Å². The molecule has 164 valence electrons. The lowest BCUT2D eigenvalue weighted by Crippen LogP contribution is -2.43. The molecule has 1 aromatic heterocycles. The van der Waals surface area contributed by atoms with Gasteiger partial charge in [0.2, 0.25) is 15.9 Å². The van der Waals surface area contributed by atoms with E-state index >= 15 is 0 Å². The molecule has 2 aliphatic heterocycles. The fraction of sp³-hybridized carbons (Fsp3) is 0.600. The summed E-state index contributed by atoms with van der Waals surface area (Å²) >= 11 is 0.980. The largest absolute Gasteiger partial charge is 0.378 e. The lowest BCUT2D eigenvalue weighted by Gasteiger charge is -2.34. The van der Waals surface area contributed by atoms with Gasteiger partial charge in [0, 0.05) is 25.7 Å². The Morgan fingerprint density at radius 3 is 2.70 bits per heavy atom. The summed E-state index contributed by atoms with van der Waals surface area (Å²) in [7, 11) is -3.62. The van der Waals surface area contributed by atoms with Gasteiger partial charge in [-0.1, -0.05) is 24.7 Å². The van der Waals surface area contributed by atoms with Gasteiger partial charge in [-0.3, -0.25) is 14.2 Å². The summed E-state index contributed by atoms with van der Waals surface area (Å²) in [6.45, 7) is 4.54. The Kier molecular flexibility index (Phi) is 6.29. The maximum Gasteiger partial charge on any atom is 0.308 e. The molecule has 0 N–H and O–H groups in total. The maximum atomic E-state index is 13.2. The molecule has 2 saturated heterocycles. The summed E-state index contributed by atoms with van der Waals surface area (Å²) in [6, 6.07) is 4.81. The molecule has 30 heavy (non-hydrogen) atoms. The third-order valence-corrected chi connectivity index (χ3v) is 8.84. The number of rotatable bonds is 5. The molecule has 2 aromatic rings. The number of benzene rings is 1. The molecule has 0 saturated carbocycles. The summed E-state index contributed by atoms with van der Waals surface area (Å²) in [5.74, 6) is -0.129. The zero-order valence-corrected chi connectivity index (χ0v) is 18.7. The number of piperidine rings is 1. The molecule has 0 radical (unpaired) electrons. The van der Waals surface area contributed by atoms with Gasteiger partial charge in [0.15, 0.2) is 0 Å². The highest BCUT2D eigenvalue weighted by Crippen LogP contribution is 2.29. The second kappa shape index (κ2) is 8.78. The van der Waals surface area contributed by atoms with Gasteiger partial charge < -0.3 is 9.64 Å². The van der Waals surface area contributed by atoms with Crippen molar-refractivity contribution in [2.75, 3.05) is 32.8 Å². The molecule has 1 atom stereocenters. The smallest absolute Gasteiger partial charge is 0.308 e. The van der Waals surface area contributed by atoms with E-state index in [1.807, 2.05) is 6.92 Å². The number of thiazole rings is 1. The average Bonchev–Trinajstić information content (AvgIpc) is 3.08. The number of amides is 1. The van der Waals surface area contributed by atoms with E-state index in [4.69, 9.17) is 4.74 Å². The SMILES string of the molecule is CCC1CCCCN1S(=O)(=O)c1ccc2c(c1)sc(=O)n2CC(=O)N1CCOCC1. The second-order valence-electron chi connectivity index (χ2n) is 7.75. The minimum Gasteiger partial charge on any atom is -0.378 e. The lowest BCUT2D eigenvalue weighted by atomic mass is 10.0. The van der Waals surface area contributed by atoms with Crippen LogP contribution in [0.4, 0.5) is 0 Å². The first-order valence-corrected chi connectivity index (χ1v) is 12.7. The topological polar surface area (TPSA) is 88.9 Å². The molecule has 2 aliphatic rings. The summed E-state index contributed by atoms with van der Waals surface area (Å²) < 4.78 is 35.4. The first kappa shape index (κ1) is 21.5. The molecule has 1 amide bonds. The van der Waals surface area contributed by atoms with Crippen molar-refractivity contribution in [1.82, 2.24) is 13.8 Å². The molecule has 10 heteroatoms. The Labute approximate surface area is 180 Å². The number of sulfonamides is 1. The number of ether oxygens (including phenoxy) is 1. The molecular weight excluding hydrogens is 426 g/mol. The number of fused-ring (bicyclic) bond motifs is 1. The molecule has 3 heterocycles. The van der Waals surface area contributed by atoms with Crippen molar-refractivity contribution in [3.05, 3.63) is 27.9 Å². The zero-order chi connectivity index (χ0) is 21.3. The summed E-state index contributed by atoms with van der Waals surface area (Å²) in [6.07, 6.45) is 3.58. The quantitative estimate of drug-likeness (QED) is 0.690. The average molecular weight is 454 g/mol. The van der Waals surface area contributed by atoms with Crippen molar-refractivity contribution in [2.45, 2.75) is 50.1 Å². The first-order chi connectivity index (χ1) is 14.4. The molecule has 0 spiro atoms. The highest BCUT2D eigenvalue weighted by molar-refractivity contribution is 7.89. The van der Waals surface area contributed by atoms with Gasteiger partial charge >= 0.3 is 4.87 Å². The van der Waals surface area contributed by atoms with Crippen LogP contribution in [0.2, 0.25) is 0 Å². The van der Waals surface area contributed by atoms with Crippen LogP contribution in [0.5, 0.6) is 0 Å². The van der Waals surface area contributed by atoms with Crippen molar-refractivity contribution in [3.8, 4) is 0 Å². The molecule has 1 unspecified atom stereocenters. The van der Waals surface area contributed by atoms with Crippen LogP contribution in [0, 0.1) is 0 Å². The molecular formula is C20H27N3O5S2. The highest BCUT2D eigenvalue weighted by atomic mass is 32.2. The van der Waals surface area contributed by atoms with E-state index in [9.17, 15) is 18.0 Å². The normalized spacial score (nSPS) is 21.2. The molecule has 2 fully saturated rings. The summed E-state index contributed by atoms with van der Waals surface area (Å²) in [5.41, 5.74) is 0.594. The molecule has 8 nitrogen and oxygen atoms in total. The van der Waals surface area contributed by atoms with E-state index in [1.54, 1.807) is 27.4 Å². The van der Waals surface area contributed by atoms with E-state index in [1.165, 1.54) is 4.57 Å². The number of hydrogen-bond acceptors (Lipinski definition) is 6. The monoisotopic (exact) mass is 453 g/mol. The number of morpholine rings is 1. The van der Waals surface area contributed by atoms with E-state index in [0.29, 0.717) is 43.1 Å². The van der Waals surface area contributed by atoms with Gasteiger partial charge in [-0.15, -0.1) is 0 Å². The van der Waals surface area contributed by atoms with Gasteiger partial charge in [-0.25, -0.2) is 8.42 Å². The van der Waals surface area contributed by atoms with Gasteiger partial charge in [0.05, 0.1) is 28.3 Å². The van der Waals surface area contributed by atoms with Crippen molar-refractivity contribution in [2.24, 2.45) is 0 Å². The number of nitrogens with zero attached hydrogens (tertiary/aromatic N) is 3. The first-order valence-electron chi connectivity index (χ1n) is 10.4. The number of carbonyl (C=O) groups is 1. The van der Waals surface area contributed by atoms with E-state index in [0.717, 1.165) is 37.0 Å². The Bertz CT molecular complexity index is 1090. The second-order valence-corrected chi connectivity index (χ2v) is 10.6. The van der Waals surface area contributed by atoms with Crippen LogP contribution in [0.1, 0.15) is 32.6 Å². The van der Waals surface area contributed by atoms with Crippen molar-refractivity contribution in [1.29, 1.82) is 0 Å². The predicted molar refractivity (Wildman–Crippen MR) is 115 cm³/mol. The van der Waals surface area contributed by atoms with Crippen LogP contribution in [0.15, 0.2) is 27.9 Å². The highest BCUT2D eigenvalue weighted by Gasteiger charge is 2.33. The Morgan fingerprint density at radius 1 is 1.20 bits per heavy atom. The van der Waals surface area contributed by atoms with Crippen LogP contribution in [0.25, 0.3) is 10.2 Å². The third-order valence-electron chi connectivity index (χ3n) is 5.95. The molecule has 0 aliphatic carbocycles. The number of aromatic nitrogens is 1. The van der Waals surface area contributed by atoms with Gasteiger partial charge in [0.1, 0.15) is 6.54 Å². The maximum absolute atomic E-state index is 13.2. The number of carbonyl (C=O) groups excluding carboxylic acids is 1. The van der Waals surface area contributed by atoms with Crippen molar-refractivity contribution < 1.29 is 17.9 Å². The lowest BCUT2D eigenvalue weighted by molar-refractivity contribution is -0.135. The zero-order valence-electron chi connectivity index (χ0n) is 17.1. The Hall–Kier alpha value is -1.75. The van der Waals surface area contributed by atoms with Crippen molar-refractivity contribution >= 4 is 37.5 Å². The van der Waals surface area contributed by atoms with Crippen LogP contribution in [0.3, 0.4) is 0 Å². The van der Waals surface area contributed by atoms with E-state index in [2.05, 4.69) is 0 Å². The molecule has 0 bridgehead atoms. The van der Waals surface area contributed by atoms with Gasteiger partial charge in [-0.05, 0) is 37.5 Å². The molecule has 4 rings (SSSR count). The summed E-state index contributed by atoms with van der Waals surface area (Å²) in [5, 5.41) is 0. The number of hydrogen-bond donors (Lipinski definition) is 0. The van der Waals surface area contributed by atoms with Crippen LogP contribution in [-0.4, -0.2) is 67.0 Å². The summed E-state index contributed by atoms with van der Waals surface area (Å²) in [4.78, 5) is 26.8. The fourth-order valence-corrected chi connectivity index (χ4v) is 7.04.